The molecule has 0 spiro atoms. The largest absolute Gasteiger partial charge is 0.353 e. The summed E-state index contributed by atoms with van der Waals surface area (Å²) >= 11 is 3.63. The first kappa shape index (κ1) is 33.6. The van der Waals surface area contributed by atoms with Gasteiger partial charge in [-0.05, 0) is 74.0 Å². The minimum atomic E-state index is -2.75. The third-order valence-corrected chi connectivity index (χ3v) is 8.82. The molecule has 224 valence electrons. The first-order chi connectivity index (χ1) is 20.2. The Morgan fingerprint density at radius 3 is 2.52 bits per heavy atom. The number of fused-ring (bicyclic) bond motifs is 1. The minimum absolute atomic E-state index is 0.0186. The van der Waals surface area contributed by atoms with Gasteiger partial charge in [-0.2, -0.15) is 5.10 Å². The van der Waals surface area contributed by atoms with Gasteiger partial charge in [0.05, 0.1) is 23.4 Å². The number of halogens is 3. The van der Waals surface area contributed by atoms with Crippen LogP contribution in [0.2, 0.25) is 0 Å². The van der Waals surface area contributed by atoms with Gasteiger partial charge < -0.3 is 10.6 Å². The molecule has 0 amide bonds. The number of thioether (sulfide) groups is 1. The van der Waals surface area contributed by atoms with Crippen molar-refractivity contribution in [3.05, 3.63) is 53.6 Å². The molecule has 0 aliphatic heterocycles. The molecule has 9 nitrogen and oxygen atoms in total. The smallest absolute Gasteiger partial charge is 0.295 e. The summed E-state index contributed by atoms with van der Waals surface area (Å²) in [6.45, 7) is 13.8. The van der Waals surface area contributed by atoms with Gasteiger partial charge in [0.2, 0.25) is 0 Å². The molecular formula is C28H35F2IN9PS. The highest BCUT2D eigenvalue weighted by atomic mass is 127. The predicted octanol–water partition coefficient (Wildman–Crippen LogP) is 8.80. The van der Waals surface area contributed by atoms with Gasteiger partial charge in [-0.3, -0.25) is 19.0 Å². The lowest BCUT2D eigenvalue weighted by Gasteiger charge is -2.14. The molecule has 14 heteroatoms. The maximum absolute atomic E-state index is 14.0. The number of pyridine rings is 1. The molecule has 1 unspecified atom stereocenters. The summed E-state index contributed by atoms with van der Waals surface area (Å²) in [4.78, 5) is 18.3. The van der Waals surface area contributed by atoms with Crippen molar-refractivity contribution in [3.8, 4) is 11.3 Å². The van der Waals surface area contributed by atoms with Crippen molar-refractivity contribution in [3.63, 3.8) is 0 Å². The number of benzene rings is 1. The first-order valence-electron chi connectivity index (χ1n) is 13.2. The number of hydrogen-bond donors (Lipinski definition) is 2. The van der Waals surface area contributed by atoms with Crippen LogP contribution in [-0.4, -0.2) is 49.4 Å². The third kappa shape index (κ3) is 7.73. The van der Waals surface area contributed by atoms with Crippen LogP contribution in [-0.2, 0) is 7.05 Å². The predicted molar refractivity (Wildman–Crippen MR) is 185 cm³/mol. The zero-order valence-corrected chi connectivity index (χ0v) is 28.6. The van der Waals surface area contributed by atoms with Gasteiger partial charge >= 0.3 is 0 Å². The number of aliphatic imine (C=N–C) groups is 2. The molecule has 1 atom stereocenters. The lowest BCUT2D eigenvalue weighted by Crippen LogP contribution is -2.12. The van der Waals surface area contributed by atoms with E-state index in [1.54, 1.807) is 23.9 Å². The molecule has 0 bridgehead atoms. The fourth-order valence-electron chi connectivity index (χ4n) is 3.92. The number of hydrogen-bond acceptors (Lipinski definition) is 7. The highest BCUT2D eigenvalue weighted by Crippen LogP contribution is 2.40. The quantitative estimate of drug-likeness (QED) is 0.0558. The topological polar surface area (TPSA) is 97.3 Å². The Hall–Kier alpha value is -2.90. The molecule has 1 aromatic carbocycles. The molecule has 0 saturated carbocycles. The van der Waals surface area contributed by atoms with Crippen molar-refractivity contribution in [2.24, 2.45) is 17.0 Å². The van der Waals surface area contributed by atoms with E-state index in [1.807, 2.05) is 70.8 Å². The van der Waals surface area contributed by atoms with E-state index < -0.39 is 6.43 Å². The third-order valence-electron chi connectivity index (χ3n) is 5.98. The van der Waals surface area contributed by atoms with Crippen molar-refractivity contribution in [2.75, 3.05) is 23.4 Å². The molecular weight excluding hydrogens is 690 g/mol. The summed E-state index contributed by atoms with van der Waals surface area (Å²) in [5.41, 5.74) is 5.64. The Balaban J connectivity index is 0.00000237. The van der Waals surface area contributed by atoms with Crippen molar-refractivity contribution in [1.29, 1.82) is 0 Å². The Labute approximate surface area is 264 Å². The lowest BCUT2D eigenvalue weighted by atomic mass is 10.1. The van der Waals surface area contributed by atoms with Gasteiger partial charge in [0.15, 0.2) is 11.5 Å². The number of amidine groups is 1. The second kappa shape index (κ2) is 15.5. The highest BCUT2D eigenvalue weighted by Gasteiger charge is 2.23. The van der Waals surface area contributed by atoms with E-state index in [2.05, 4.69) is 70.5 Å². The van der Waals surface area contributed by atoms with Gasteiger partial charge in [-0.1, -0.05) is 19.9 Å². The normalized spacial score (nSPS) is 12.3. The number of aromatic nitrogens is 5. The van der Waals surface area contributed by atoms with Gasteiger partial charge in [0.1, 0.15) is 17.2 Å². The van der Waals surface area contributed by atoms with Crippen molar-refractivity contribution < 1.29 is 8.78 Å². The lowest BCUT2D eigenvalue weighted by molar-refractivity contribution is 0.140. The maximum Gasteiger partial charge on any atom is 0.295 e. The molecule has 4 rings (SSSR count). The van der Waals surface area contributed by atoms with Crippen LogP contribution in [0.1, 0.15) is 45.6 Å². The minimum Gasteiger partial charge on any atom is -0.353 e. The summed E-state index contributed by atoms with van der Waals surface area (Å²) in [7, 11) is 1.91. The fourth-order valence-corrected chi connectivity index (χ4v) is 6.40. The van der Waals surface area contributed by atoms with Crippen LogP contribution in [0.15, 0.2) is 57.0 Å². The van der Waals surface area contributed by atoms with Crippen LogP contribution in [0.25, 0.3) is 22.4 Å². The number of alkyl halides is 2. The second-order valence-electron chi connectivity index (χ2n) is 8.68. The van der Waals surface area contributed by atoms with Gasteiger partial charge in [-0.25, -0.2) is 18.7 Å². The van der Waals surface area contributed by atoms with E-state index in [-0.39, 0.29) is 12.2 Å². The first-order valence-corrected chi connectivity index (χ1v) is 18.5. The molecule has 0 radical (unpaired) electrons. The van der Waals surface area contributed by atoms with Crippen LogP contribution in [0.3, 0.4) is 0 Å². The Morgan fingerprint density at radius 2 is 1.95 bits per heavy atom. The van der Waals surface area contributed by atoms with Gasteiger partial charge in [0, 0.05) is 47.6 Å². The van der Waals surface area contributed by atoms with Crippen LogP contribution in [0.5, 0.6) is 0 Å². The molecule has 0 aliphatic carbocycles. The summed E-state index contributed by atoms with van der Waals surface area (Å²) < 4.78 is 31.2. The summed E-state index contributed by atoms with van der Waals surface area (Å²) in [5.74, 6) is 0.635. The number of imidazole rings is 1. The number of aryl methyl sites for hydroxylation is 2. The fraction of sp³-hybridized carbons (Fsp3) is 0.321. The van der Waals surface area contributed by atoms with Crippen molar-refractivity contribution >= 4 is 81.1 Å². The van der Waals surface area contributed by atoms with Crippen molar-refractivity contribution in [1.82, 2.24) is 24.1 Å². The zero-order valence-electron chi connectivity index (χ0n) is 24.6. The van der Waals surface area contributed by atoms with Crippen molar-refractivity contribution in [2.45, 2.75) is 45.9 Å². The van der Waals surface area contributed by atoms with Gasteiger partial charge in [0.25, 0.3) is 6.43 Å². The average Bonchev–Trinajstić information content (AvgIpc) is 3.53. The van der Waals surface area contributed by atoms with Crippen LogP contribution < -0.4 is 10.6 Å². The van der Waals surface area contributed by atoms with E-state index >= 15 is 0 Å². The molecule has 4 aromatic rings. The highest BCUT2D eigenvalue weighted by molar-refractivity contribution is 14.2. The van der Waals surface area contributed by atoms with Crippen LogP contribution >= 0.6 is 40.2 Å². The van der Waals surface area contributed by atoms with E-state index in [4.69, 9.17) is 0 Å². The molecule has 0 fully saturated rings. The van der Waals surface area contributed by atoms with E-state index in [0.29, 0.717) is 40.7 Å². The monoisotopic (exact) mass is 725 g/mol. The second-order valence-corrected chi connectivity index (χ2v) is 11.6. The average molecular weight is 726 g/mol. The Morgan fingerprint density at radius 1 is 1.21 bits per heavy atom. The van der Waals surface area contributed by atoms with Gasteiger partial charge in [-0.15, -0.1) is 11.8 Å². The Bertz CT molecular complexity index is 1600. The number of anilines is 3. The standard InChI is InChI=1S/C26H29F2IN9PS.C2H6/c1-7-31-21(10-14(2)30-4)33-22-13-19(23-25(34-22)38(39-29)26(35-23)24(27)28)32-17-9-8-16(12-20(17)40-6)18-11-15(3)37(5)36-18;1-2/h8-13,24,39H,4,7H2,1-3,5-6H3,(H2,31,32,33,34);1-2H3/b14-10-;. The molecule has 3 aromatic heterocycles. The molecule has 0 aliphatic rings. The number of nitrogens with zero attached hydrogens (tertiary/aromatic N) is 7. The number of rotatable bonds is 10. The molecule has 0 saturated heterocycles. The van der Waals surface area contributed by atoms with Crippen LogP contribution in [0, 0.1) is 6.92 Å². The molecule has 2 N–H and O–H groups in total. The van der Waals surface area contributed by atoms with E-state index in [0.717, 1.165) is 27.5 Å². The maximum atomic E-state index is 14.0. The number of allylic oxidation sites excluding steroid dienone is 1. The summed E-state index contributed by atoms with van der Waals surface area (Å²) in [6, 6.07) is 9.79. The molecule has 3 heterocycles. The number of nitrogens with one attached hydrogen (secondary N) is 2. The summed E-state index contributed by atoms with van der Waals surface area (Å²) in [5, 5.41) is 11.2. The summed E-state index contributed by atoms with van der Waals surface area (Å²) in [6.07, 6.45) is 0.973. The SMILES string of the molecule is C=N/C(C)=C\C(=NCC)Nc1cc(Nc2ccc(-c3cc(C)n(C)n3)cc2SC)c2nc(C(F)F)n(PI)c2n1.CC. The Kier molecular flexibility index (Phi) is 12.4. The van der Waals surface area contributed by atoms with E-state index in [1.165, 1.54) is 4.34 Å². The zero-order chi connectivity index (χ0) is 31.0. The molecule has 42 heavy (non-hydrogen) atoms. The van der Waals surface area contributed by atoms with E-state index in [9.17, 15) is 8.78 Å². The van der Waals surface area contributed by atoms with Crippen LogP contribution in [0.4, 0.5) is 26.0 Å².